The van der Waals surface area contributed by atoms with Crippen LogP contribution in [0, 0.1) is 6.92 Å². The van der Waals surface area contributed by atoms with Gasteiger partial charge >= 0.3 is 0 Å². The van der Waals surface area contributed by atoms with E-state index in [0.29, 0.717) is 5.89 Å². The summed E-state index contributed by atoms with van der Waals surface area (Å²) in [6.07, 6.45) is 0. The van der Waals surface area contributed by atoms with Crippen molar-refractivity contribution in [3.8, 4) is 17.2 Å². The van der Waals surface area contributed by atoms with E-state index in [1.807, 2.05) is 48.5 Å². The average Bonchev–Trinajstić information content (AvgIpc) is 2.96. The zero-order chi connectivity index (χ0) is 15.1. The predicted molar refractivity (Wildman–Crippen MR) is 88.2 cm³/mol. The van der Waals surface area contributed by atoms with Gasteiger partial charge in [-0.25, -0.2) is 4.98 Å². The van der Waals surface area contributed by atoms with E-state index in [1.165, 1.54) is 5.56 Å². The highest BCUT2D eigenvalue weighted by atomic mass is 16.5. The number of rotatable bonds is 2. The van der Waals surface area contributed by atoms with Crippen molar-refractivity contribution in [2.45, 2.75) is 6.92 Å². The molecule has 0 saturated carbocycles. The van der Waals surface area contributed by atoms with Crippen LogP contribution in [0.15, 0.2) is 59.0 Å². The summed E-state index contributed by atoms with van der Waals surface area (Å²) in [4.78, 5) is 4.64. The van der Waals surface area contributed by atoms with E-state index in [0.717, 1.165) is 33.2 Å². The largest absolute Gasteiger partial charge is 0.496 e. The van der Waals surface area contributed by atoms with Gasteiger partial charge < -0.3 is 9.15 Å². The van der Waals surface area contributed by atoms with Crippen LogP contribution in [0.4, 0.5) is 0 Å². The third kappa shape index (κ3) is 1.94. The SMILES string of the molecule is COc1ccc(-c2nc3cc(C)ccc3o2)c2ccccc12. The van der Waals surface area contributed by atoms with Crippen molar-refractivity contribution in [1.29, 1.82) is 0 Å². The first kappa shape index (κ1) is 12.9. The number of oxazole rings is 1. The second-order valence-corrected chi connectivity index (χ2v) is 5.35. The van der Waals surface area contributed by atoms with Gasteiger partial charge in [-0.1, -0.05) is 30.3 Å². The molecule has 3 nitrogen and oxygen atoms in total. The number of hydrogen-bond acceptors (Lipinski definition) is 3. The summed E-state index contributed by atoms with van der Waals surface area (Å²) >= 11 is 0. The fourth-order valence-electron chi connectivity index (χ4n) is 2.79. The van der Waals surface area contributed by atoms with Crippen LogP contribution in [0.3, 0.4) is 0 Å². The standard InChI is InChI=1S/C19H15NO2/c1-12-7-9-18-16(11-12)20-19(22-18)15-8-10-17(21-2)14-6-4-3-5-13(14)15/h3-11H,1-2H3. The molecule has 0 amide bonds. The number of benzene rings is 3. The van der Waals surface area contributed by atoms with Gasteiger partial charge in [0.2, 0.25) is 5.89 Å². The Kier molecular flexibility index (Phi) is 2.86. The summed E-state index contributed by atoms with van der Waals surface area (Å²) in [5.41, 5.74) is 3.84. The zero-order valence-corrected chi connectivity index (χ0v) is 12.5. The maximum Gasteiger partial charge on any atom is 0.227 e. The van der Waals surface area contributed by atoms with Gasteiger partial charge in [0.1, 0.15) is 11.3 Å². The maximum absolute atomic E-state index is 5.94. The Morgan fingerprint density at radius 3 is 2.59 bits per heavy atom. The van der Waals surface area contributed by atoms with Crippen molar-refractivity contribution in [3.63, 3.8) is 0 Å². The molecule has 22 heavy (non-hydrogen) atoms. The van der Waals surface area contributed by atoms with Crippen molar-refractivity contribution in [1.82, 2.24) is 4.98 Å². The first-order valence-corrected chi connectivity index (χ1v) is 7.19. The Bertz CT molecular complexity index is 985. The van der Waals surface area contributed by atoms with Gasteiger partial charge in [0.05, 0.1) is 7.11 Å². The van der Waals surface area contributed by atoms with E-state index >= 15 is 0 Å². The van der Waals surface area contributed by atoms with Crippen LogP contribution in [0.25, 0.3) is 33.3 Å². The van der Waals surface area contributed by atoms with Crippen molar-refractivity contribution < 1.29 is 9.15 Å². The van der Waals surface area contributed by atoms with Crippen LogP contribution in [-0.4, -0.2) is 12.1 Å². The molecule has 0 N–H and O–H groups in total. The molecule has 0 atom stereocenters. The third-order valence-corrected chi connectivity index (χ3v) is 3.88. The highest BCUT2D eigenvalue weighted by Gasteiger charge is 2.13. The molecule has 4 aromatic rings. The second-order valence-electron chi connectivity index (χ2n) is 5.35. The van der Waals surface area contributed by atoms with Crippen LogP contribution < -0.4 is 4.74 Å². The Hall–Kier alpha value is -2.81. The number of fused-ring (bicyclic) bond motifs is 2. The van der Waals surface area contributed by atoms with E-state index in [2.05, 4.69) is 18.0 Å². The van der Waals surface area contributed by atoms with Crippen molar-refractivity contribution in [2.75, 3.05) is 7.11 Å². The Labute approximate surface area is 128 Å². The van der Waals surface area contributed by atoms with E-state index in [9.17, 15) is 0 Å². The predicted octanol–water partition coefficient (Wildman–Crippen LogP) is 4.97. The molecule has 0 unspecified atom stereocenters. The van der Waals surface area contributed by atoms with E-state index in [-0.39, 0.29) is 0 Å². The summed E-state index contributed by atoms with van der Waals surface area (Å²) in [6.45, 7) is 2.05. The first-order valence-electron chi connectivity index (χ1n) is 7.19. The van der Waals surface area contributed by atoms with Gasteiger partial charge in [0.15, 0.2) is 5.58 Å². The van der Waals surface area contributed by atoms with Gasteiger partial charge in [-0.05, 0) is 42.1 Å². The van der Waals surface area contributed by atoms with E-state index < -0.39 is 0 Å². The number of aryl methyl sites for hydroxylation is 1. The van der Waals surface area contributed by atoms with Crippen molar-refractivity contribution in [3.05, 3.63) is 60.2 Å². The molecule has 4 rings (SSSR count). The molecule has 0 aliphatic carbocycles. The lowest BCUT2D eigenvalue weighted by Gasteiger charge is -2.08. The molecular formula is C19H15NO2. The topological polar surface area (TPSA) is 35.3 Å². The minimum atomic E-state index is 0.638. The summed E-state index contributed by atoms with van der Waals surface area (Å²) in [7, 11) is 1.68. The minimum Gasteiger partial charge on any atom is -0.496 e. The summed E-state index contributed by atoms with van der Waals surface area (Å²) in [6, 6.07) is 18.1. The van der Waals surface area contributed by atoms with E-state index in [4.69, 9.17) is 9.15 Å². The summed E-state index contributed by atoms with van der Waals surface area (Å²) in [5, 5.41) is 2.13. The number of ether oxygens (including phenoxy) is 1. The van der Waals surface area contributed by atoms with E-state index in [1.54, 1.807) is 7.11 Å². The Morgan fingerprint density at radius 2 is 1.77 bits per heavy atom. The van der Waals surface area contributed by atoms with Gasteiger partial charge in [0.25, 0.3) is 0 Å². The number of hydrogen-bond donors (Lipinski definition) is 0. The molecule has 0 spiro atoms. The van der Waals surface area contributed by atoms with Gasteiger partial charge in [-0.3, -0.25) is 0 Å². The molecule has 0 bridgehead atoms. The molecule has 0 saturated heterocycles. The van der Waals surface area contributed by atoms with Crippen LogP contribution in [0.5, 0.6) is 5.75 Å². The zero-order valence-electron chi connectivity index (χ0n) is 12.5. The number of nitrogens with zero attached hydrogens (tertiary/aromatic N) is 1. The fraction of sp³-hybridized carbons (Fsp3) is 0.105. The molecule has 1 aromatic heterocycles. The lowest BCUT2D eigenvalue weighted by Crippen LogP contribution is -1.87. The molecule has 0 radical (unpaired) electrons. The fourth-order valence-corrected chi connectivity index (χ4v) is 2.79. The Balaban J connectivity index is 2.00. The molecule has 108 valence electrons. The molecule has 3 heteroatoms. The van der Waals surface area contributed by atoms with Crippen molar-refractivity contribution in [2.24, 2.45) is 0 Å². The maximum atomic E-state index is 5.94. The number of aromatic nitrogens is 1. The smallest absolute Gasteiger partial charge is 0.227 e. The highest BCUT2D eigenvalue weighted by Crippen LogP contribution is 2.35. The highest BCUT2D eigenvalue weighted by molar-refractivity contribution is 5.99. The van der Waals surface area contributed by atoms with Gasteiger partial charge in [-0.15, -0.1) is 0 Å². The monoisotopic (exact) mass is 289 g/mol. The molecule has 3 aromatic carbocycles. The van der Waals surface area contributed by atoms with Crippen molar-refractivity contribution >= 4 is 21.9 Å². The first-order chi connectivity index (χ1) is 10.8. The average molecular weight is 289 g/mol. The summed E-state index contributed by atoms with van der Waals surface area (Å²) < 4.78 is 11.4. The van der Waals surface area contributed by atoms with Crippen LogP contribution in [0.1, 0.15) is 5.56 Å². The molecular weight excluding hydrogens is 274 g/mol. The second kappa shape index (κ2) is 4.88. The van der Waals surface area contributed by atoms with Gasteiger partial charge in [-0.2, -0.15) is 0 Å². The summed E-state index contributed by atoms with van der Waals surface area (Å²) in [5.74, 6) is 1.49. The lowest BCUT2D eigenvalue weighted by atomic mass is 10.0. The normalized spacial score (nSPS) is 11.2. The molecule has 0 fully saturated rings. The third-order valence-electron chi connectivity index (χ3n) is 3.88. The Morgan fingerprint density at radius 1 is 0.955 bits per heavy atom. The lowest BCUT2D eigenvalue weighted by molar-refractivity contribution is 0.420. The van der Waals surface area contributed by atoms with Crippen LogP contribution in [0.2, 0.25) is 0 Å². The van der Waals surface area contributed by atoms with Crippen LogP contribution >= 0.6 is 0 Å². The quantitative estimate of drug-likeness (QED) is 0.523. The molecule has 0 aliphatic heterocycles. The van der Waals surface area contributed by atoms with Crippen LogP contribution in [-0.2, 0) is 0 Å². The minimum absolute atomic E-state index is 0.638. The van der Waals surface area contributed by atoms with Gasteiger partial charge in [0, 0.05) is 10.9 Å². The molecule has 0 aliphatic rings. The number of methoxy groups -OCH3 is 1. The molecule has 1 heterocycles.